The summed E-state index contributed by atoms with van der Waals surface area (Å²) >= 11 is 0. The fourth-order valence-corrected chi connectivity index (χ4v) is 2.40. The van der Waals surface area contributed by atoms with Crippen LogP contribution >= 0.6 is 0 Å². The third-order valence-corrected chi connectivity index (χ3v) is 3.46. The van der Waals surface area contributed by atoms with E-state index in [0.29, 0.717) is 25.7 Å². The summed E-state index contributed by atoms with van der Waals surface area (Å²) in [5.41, 5.74) is -0.787. The number of Topliss-reactive ketones (excluding diaryl/α,β-unsaturated/α-hetero) is 2. The first-order valence-electron chi connectivity index (χ1n) is 6.50. The van der Waals surface area contributed by atoms with Crippen LogP contribution in [0.3, 0.4) is 0 Å². The minimum Gasteiger partial charge on any atom is -0.299 e. The highest BCUT2D eigenvalue weighted by Crippen LogP contribution is 2.37. The Morgan fingerprint density at radius 2 is 1.82 bits per heavy atom. The second-order valence-electron chi connectivity index (χ2n) is 4.74. The van der Waals surface area contributed by atoms with Crippen LogP contribution in [0.15, 0.2) is 24.8 Å². The van der Waals surface area contributed by atoms with Crippen molar-refractivity contribution in [2.45, 2.75) is 51.9 Å². The topological polar surface area (TPSA) is 34.1 Å². The van der Waals surface area contributed by atoms with Gasteiger partial charge in [0.15, 0.2) is 0 Å². The summed E-state index contributed by atoms with van der Waals surface area (Å²) in [4.78, 5) is 24.2. The van der Waals surface area contributed by atoms with Gasteiger partial charge in [-0.3, -0.25) is 9.59 Å². The van der Waals surface area contributed by atoms with Crippen molar-refractivity contribution < 1.29 is 9.59 Å². The first kappa shape index (κ1) is 13.9. The summed E-state index contributed by atoms with van der Waals surface area (Å²) in [5.74, 6) is 0.213. The monoisotopic (exact) mass is 234 g/mol. The van der Waals surface area contributed by atoms with Crippen molar-refractivity contribution >= 4 is 11.6 Å². The van der Waals surface area contributed by atoms with Crippen LogP contribution in [0, 0.1) is 5.41 Å². The lowest BCUT2D eigenvalue weighted by atomic mass is 9.67. The zero-order chi connectivity index (χ0) is 12.7. The Balaban J connectivity index is 2.82. The fraction of sp³-hybridized carbons (Fsp3) is 0.600. The maximum Gasteiger partial charge on any atom is 0.147 e. The lowest BCUT2D eigenvalue weighted by molar-refractivity contribution is -0.143. The van der Waals surface area contributed by atoms with Gasteiger partial charge in [-0.2, -0.15) is 0 Å². The number of rotatable bonds is 6. The number of carbonyl (C=O) groups excluding carboxylic acids is 2. The van der Waals surface area contributed by atoms with E-state index in [2.05, 4.69) is 19.6 Å². The van der Waals surface area contributed by atoms with Gasteiger partial charge in [-0.15, -0.1) is 6.58 Å². The highest BCUT2D eigenvalue weighted by atomic mass is 16.2. The summed E-state index contributed by atoms with van der Waals surface area (Å²) in [7, 11) is 0. The molecule has 2 heteroatoms. The number of allylic oxidation sites excluding steroid dienone is 3. The van der Waals surface area contributed by atoms with Gasteiger partial charge in [0, 0.05) is 12.8 Å². The van der Waals surface area contributed by atoms with E-state index in [1.165, 1.54) is 0 Å². The average molecular weight is 234 g/mol. The van der Waals surface area contributed by atoms with E-state index in [1.54, 1.807) is 6.08 Å². The number of hydrogen-bond donors (Lipinski definition) is 0. The van der Waals surface area contributed by atoms with Gasteiger partial charge in [0.1, 0.15) is 11.6 Å². The third-order valence-electron chi connectivity index (χ3n) is 3.46. The van der Waals surface area contributed by atoms with Gasteiger partial charge in [-0.05, 0) is 25.7 Å². The fourth-order valence-electron chi connectivity index (χ4n) is 2.40. The molecule has 0 aliphatic heterocycles. The van der Waals surface area contributed by atoms with Crippen LogP contribution in [-0.4, -0.2) is 11.6 Å². The quantitative estimate of drug-likeness (QED) is 0.519. The van der Waals surface area contributed by atoms with Crippen molar-refractivity contribution in [3.63, 3.8) is 0 Å². The molecule has 0 bridgehead atoms. The first-order valence-corrected chi connectivity index (χ1v) is 6.50. The molecule has 0 aromatic heterocycles. The van der Waals surface area contributed by atoms with E-state index in [-0.39, 0.29) is 11.6 Å². The largest absolute Gasteiger partial charge is 0.299 e. The van der Waals surface area contributed by atoms with Crippen LogP contribution in [0.4, 0.5) is 0 Å². The Morgan fingerprint density at radius 1 is 1.18 bits per heavy atom. The molecule has 1 rings (SSSR count). The number of hydrogen-bond acceptors (Lipinski definition) is 2. The predicted molar refractivity (Wildman–Crippen MR) is 69.8 cm³/mol. The van der Waals surface area contributed by atoms with E-state index in [0.717, 1.165) is 19.3 Å². The van der Waals surface area contributed by atoms with Crippen LogP contribution in [0.2, 0.25) is 0 Å². The standard InChI is InChI=1S/C15H22O2/c1-3-5-6-7-12-15(11-4-2)13(16)9-8-10-14(15)17/h4,6-7H,2-3,5,8-12H2,1H3. The minimum atomic E-state index is -0.787. The van der Waals surface area contributed by atoms with Crippen molar-refractivity contribution in [1.82, 2.24) is 0 Å². The molecule has 0 amide bonds. The Hall–Kier alpha value is -1.18. The molecule has 2 nitrogen and oxygen atoms in total. The second-order valence-corrected chi connectivity index (χ2v) is 4.74. The van der Waals surface area contributed by atoms with E-state index < -0.39 is 5.41 Å². The molecule has 0 heterocycles. The molecule has 1 saturated carbocycles. The summed E-state index contributed by atoms with van der Waals surface area (Å²) < 4.78 is 0. The molecule has 0 unspecified atom stereocenters. The molecule has 1 aliphatic rings. The Kier molecular flexibility index (Phi) is 5.33. The third kappa shape index (κ3) is 3.15. The van der Waals surface area contributed by atoms with Gasteiger partial charge >= 0.3 is 0 Å². The van der Waals surface area contributed by atoms with Crippen LogP contribution in [0.25, 0.3) is 0 Å². The predicted octanol–water partition coefficient (Wildman–Crippen LogP) is 3.62. The van der Waals surface area contributed by atoms with E-state index in [1.807, 2.05) is 6.08 Å². The van der Waals surface area contributed by atoms with Crippen molar-refractivity contribution in [3.05, 3.63) is 24.8 Å². The van der Waals surface area contributed by atoms with Crippen molar-refractivity contribution in [2.75, 3.05) is 0 Å². The summed E-state index contributed by atoms with van der Waals surface area (Å²) in [6, 6.07) is 0. The molecule has 17 heavy (non-hydrogen) atoms. The Bertz CT molecular complexity index is 310. The smallest absolute Gasteiger partial charge is 0.147 e. The second kappa shape index (κ2) is 6.53. The Labute approximate surface area is 104 Å². The molecular weight excluding hydrogens is 212 g/mol. The molecular formula is C15H22O2. The normalized spacial score (nSPS) is 19.8. The highest BCUT2D eigenvalue weighted by Gasteiger charge is 2.44. The lowest BCUT2D eigenvalue weighted by Crippen LogP contribution is -2.41. The molecule has 1 fully saturated rings. The zero-order valence-corrected chi connectivity index (χ0v) is 10.7. The molecule has 1 aliphatic carbocycles. The van der Waals surface area contributed by atoms with Crippen LogP contribution in [0.5, 0.6) is 0 Å². The average Bonchev–Trinajstić information content (AvgIpc) is 2.31. The maximum absolute atomic E-state index is 12.1. The van der Waals surface area contributed by atoms with E-state index in [9.17, 15) is 9.59 Å². The molecule has 0 aromatic carbocycles. The van der Waals surface area contributed by atoms with Gasteiger partial charge in [0.2, 0.25) is 0 Å². The van der Waals surface area contributed by atoms with Crippen LogP contribution < -0.4 is 0 Å². The zero-order valence-electron chi connectivity index (χ0n) is 10.7. The molecule has 0 N–H and O–H groups in total. The number of carbonyl (C=O) groups is 2. The minimum absolute atomic E-state index is 0.106. The van der Waals surface area contributed by atoms with Crippen molar-refractivity contribution in [1.29, 1.82) is 0 Å². The SMILES string of the molecule is C=CCC1(CC=CCCC)C(=O)CCCC1=O. The highest BCUT2D eigenvalue weighted by molar-refractivity contribution is 6.09. The van der Waals surface area contributed by atoms with Crippen LogP contribution in [-0.2, 0) is 9.59 Å². The number of ketones is 2. The molecule has 0 atom stereocenters. The summed E-state index contributed by atoms with van der Waals surface area (Å²) in [6.45, 7) is 5.80. The molecule has 0 aromatic rings. The molecule has 0 radical (unpaired) electrons. The van der Waals surface area contributed by atoms with E-state index in [4.69, 9.17) is 0 Å². The van der Waals surface area contributed by atoms with Gasteiger partial charge < -0.3 is 0 Å². The molecule has 94 valence electrons. The maximum atomic E-state index is 12.1. The van der Waals surface area contributed by atoms with Crippen molar-refractivity contribution in [2.24, 2.45) is 5.41 Å². The lowest BCUT2D eigenvalue weighted by Gasteiger charge is -2.32. The molecule has 0 spiro atoms. The van der Waals surface area contributed by atoms with Crippen LogP contribution in [0.1, 0.15) is 51.9 Å². The molecule has 0 saturated heterocycles. The van der Waals surface area contributed by atoms with Gasteiger partial charge in [0.05, 0.1) is 5.41 Å². The first-order chi connectivity index (χ1) is 8.17. The van der Waals surface area contributed by atoms with Crippen molar-refractivity contribution in [3.8, 4) is 0 Å². The number of unbranched alkanes of at least 4 members (excludes halogenated alkanes) is 1. The summed E-state index contributed by atoms with van der Waals surface area (Å²) in [6.07, 6.45) is 10.7. The summed E-state index contributed by atoms with van der Waals surface area (Å²) in [5, 5.41) is 0. The Morgan fingerprint density at radius 3 is 2.35 bits per heavy atom. The van der Waals surface area contributed by atoms with Gasteiger partial charge in [-0.25, -0.2) is 0 Å². The van der Waals surface area contributed by atoms with Gasteiger partial charge in [0.25, 0.3) is 0 Å². The van der Waals surface area contributed by atoms with E-state index >= 15 is 0 Å². The van der Waals surface area contributed by atoms with Gasteiger partial charge in [-0.1, -0.05) is 31.6 Å².